The lowest BCUT2D eigenvalue weighted by molar-refractivity contribution is 0.0355. The average molecular weight is 250 g/mol. The molecule has 0 saturated carbocycles. The third-order valence-electron chi connectivity index (χ3n) is 2.36. The lowest BCUT2D eigenvalue weighted by atomic mass is 10.2. The summed E-state index contributed by atoms with van der Waals surface area (Å²) < 4.78 is 3.85. The molecule has 0 amide bonds. The third kappa shape index (κ3) is 5.99. The fraction of sp³-hybridized carbons (Fsp3) is 1.00. The van der Waals surface area contributed by atoms with Crippen LogP contribution in [0.2, 0.25) is 0 Å². The number of hydrazine groups is 1. The van der Waals surface area contributed by atoms with Gasteiger partial charge in [0.05, 0.1) is 20.0 Å². The Morgan fingerprint density at radius 2 is 1.67 bits per heavy atom. The monoisotopic (exact) mass is 250 g/mol. The van der Waals surface area contributed by atoms with E-state index < -0.39 is 0 Å². The summed E-state index contributed by atoms with van der Waals surface area (Å²) in [6.45, 7) is 5.75. The topological polar surface area (TPSA) is 21.8 Å². The Morgan fingerprint density at radius 1 is 1.00 bits per heavy atom. The van der Waals surface area contributed by atoms with Gasteiger partial charge in [-0.2, -0.15) is 0 Å². The van der Waals surface area contributed by atoms with Crippen LogP contribution in [0.5, 0.6) is 0 Å². The van der Waals surface area contributed by atoms with Crippen LogP contribution in [0.3, 0.4) is 0 Å². The summed E-state index contributed by atoms with van der Waals surface area (Å²) in [7, 11) is 0. The highest BCUT2D eigenvalue weighted by Gasteiger charge is 2.18. The van der Waals surface area contributed by atoms with E-state index in [1.165, 1.54) is 25.7 Å². The molecule has 15 heavy (non-hydrogen) atoms. The first-order valence-corrected chi connectivity index (χ1v) is 6.38. The Kier molecular flexibility index (Phi) is 7.03. The quantitative estimate of drug-likeness (QED) is 0.491. The Bertz CT molecular complexity index is 160. The van der Waals surface area contributed by atoms with E-state index in [2.05, 4.69) is 43.0 Å². The van der Waals surface area contributed by atoms with Crippen molar-refractivity contribution in [2.45, 2.75) is 32.6 Å². The Morgan fingerprint density at radius 3 is 2.27 bits per heavy atom. The lowest BCUT2D eigenvalue weighted by Gasteiger charge is -2.37. The second-order valence-corrected chi connectivity index (χ2v) is 5.08. The molecule has 1 N–H and O–H groups in total. The molecule has 1 heterocycles. The molecule has 1 aliphatic heterocycles. The van der Waals surface area contributed by atoms with Gasteiger partial charge in [0.2, 0.25) is 0 Å². The van der Waals surface area contributed by atoms with E-state index in [1.807, 2.05) is 8.61 Å². The zero-order valence-electron chi connectivity index (χ0n) is 9.39. The highest BCUT2D eigenvalue weighted by Crippen LogP contribution is 2.08. The maximum absolute atomic E-state index is 4.32. The van der Waals surface area contributed by atoms with E-state index in [0.717, 1.165) is 26.6 Å². The van der Waals surface area contributed by atoms with Crippen molar-refractivity contribution in [1.82, 2.24) is 19.0 Å². The van der Waals surface area contributed by atoms with Gasteiger partial charge in [-0.3, -0.25) is 5.43 Å². The predicted molar refractivity (Wildman–Crippen MR) is 70.2 cm³/mol. The van der Waals surface area contributed by atoms with Crippen LogP contribution in [0.25, 0.3) is 0 Å². The normalized spacial score (nSPS) is 21.0. The molecule has 4 nitrogen and oxygen atoms in total. The van der Waals surface area contributed by atoms with Gasteiger partial charge in [0.25, 0.3) is 0 Å². The molecule has 0 radical (unpaired) electrons. The summed E-state index contributed by atoms with van der Waals surface area (Å²) in [6, 6.07) is 0. The first kappa shape index (κ1) is 13.6. The van der Waals surface area contributed by atoms with Crippen molar-refractivity contribution in [3.8, 4) is 0 Å². The standard InChI is InChI=1S/C9H22N4S2/c1-2-3-4-5-6-10-11-7-12(14)9-13(15)8-11/h10,14-15H,2-9H2,1H3. The summed E-state index contributed by atoms with van der Waals surface area (Å²) in [5.41, 5.74) is 3.39. The summed E-state index contributed by atoms with van der Waals surface area (Å²) in [4.78, 5) is 0. The summed E-state index contributed by atoms with van der Waals surface area (Å²) in [5.74, 6) is 0. The zero-order chi connectivity index (χ0) is 11.1. The van der Waals surface area contributed by atoms with Crippen LogP contribution in [0.1, 0.15) is 32.6 Å². The van der Waals surface area contributed by atoms with Crippen LogP contribution in [0, 0.1) is 0 Å². The minimum absolute atomic E-state index is 0.792. The molecule has 0 unspecified atom stereocenters. The van der Waals surface area contributed by atoms with Crippen molar-refractivity contribution in [2.24, 2.45) is 0 Å². The number of unbranched alkanes of at least 4 members (excludes halogenated alkanes) is 3. The highest BCUT2D eigenvalue weighted by atomic mass is 32.1. The first-order chi connectivity index (χ1) is 7.22. The van der Waals surface area contributed by atoms with Crippen molar-refractivity contribution in [2.75, 3.05) is 26.6 Å². The van der Waals surface area contributed by atoms with E-state index in [0.29, 0.717) is 0 Å². The summed E-state index contributed by atoms with van der Waals surface area (Å²) in [6.07, 6.45) is 5.17. The van der Waals surface area contributed by atoms with E-state index >= 15 is 0 Å². The second kappa shape index (κ2) is 7.76. The van der Waals surface area contributed by atoms with Crippen LogP contribution in [-0.2, 0) is 0 Å². The van der Waals surface area contributed by atoms with E-state index in [1.54, 1.807) is 0 Å². The molecule has 1 rings (SSSR count). The minimum atomic E-state index is 0.792. The van der Waals surface area contributed by atoms with Crippen LogP contribution in [0.4, 0.5) is 0 Å². The molecule has 1 fully saturated rings. The molecular weight excluding hydrogens is 228 g/mol. The number of nitrogens with zero attached hydrogens (tertiary/aromatic N) is 3. The highest BCUT2D eigenvalue weighted by molar-refractivity contribution is 7.78. The number of thiol groups is 2. The molecule has 1 saturated heterocycles. The molecule has 1 aliphatic rings. The largest absolute Gasteiger partial charge is 0.253 e. The molecule has 0 aliphatic carbocycles. The number of rotatable bonds is 6. The van der Waals surface area contributed by atoms with Crippen molar-refractivity contribution in [3.05, 3.63) is 0 Å². The van der Waals surface area contributed by atoms with E-state index in [-0.39, 0.29) is 0 Å². The van der Waals surface area contributed by atoms with Gasteiger partial charge in [-0.1, -0.05) is 51.8 Å². The lowest BCUT2D eigenvalue weighted by Crippen LogP contribution is -2.54. The maximum Gasteiger partial charge on any atom is 0.0770 e. The molecule has 0 aromatic heterocycles. The first-order valence-electron chi connectivity index (χ1n) is 5.58. The fourth-order valence-corrected chi connectivity index (χ4v) is 2.32. The molecule has 0 aromatic carbocycles. The van der Waals surface area contributed by atoms with Crippen molar-refractivity contribution >= 4 is 25.6 Å². The summed E-state index contributed by atoms with van der Waals surface area (Å²) >= 11 is 8.64. The molecule has 90 valence electrons. The molecule has 0 aromatic rings. The van der Waals surface area contributed by atoms with Gasteiger partial charge in [0.1, 0.15) is 0 Å². The van der Waals surface area contributed by atoms with Gasteiger partial charge in [0, 0.05) is 6.54 Å². The Hall–Kier alpha value is 0.540. The minimum Gasteiger partial charge on any atom is -0.253 e. The van der Waals surface area contributed by atoms with Crippen LogP contribution in [-0.4, -0.2) is 40.2 Å². The Labute approximate surface area is 104 Å². The summed E-state index contributed by atoms with van der Waals surface area (Å²) in [5, 5.41) is 2.13. The molecular formula is C9H22N4S2. The SMILES string of the molecule is CCCCCCNN1CN(S)CN(S)C1. The van der Waals surface area contributed by atoms with Crippen molar-refractivity contribution in [3.63, 3.8) is 0 Å². The van der Waals surface area contributed by atoms with Crippen LogP contribution >= 0.6 is 25.6 Å². The van der Waals surface area contributed by atoms with Crippen molar-refractivity contribution < 1.29 is 0 Å². The second-order valence-electron chi connectivity index (χ2n) is 3.95. The van der Waals surface area contributed by atoms with Gasteiger partial charge >= 0.3 is 0 Å². The van der Waals surface area contributed by atoms with Crippen LogP contribution in [0.15, 0.2) is 0 Å². The number of hydrogen-bond donors (Lipinski definition) is 3. The van der Waals surface area contributed by atoms with Gasteiger partial charge in [-0.05, 0) is 6.42 Å². The average Bonchev–Trinajstić information content (AvgIpc) is 2.16. The van der Waals surface area contributed by atoms with Gasteiger partial charge in [-0.15, -0.1) is 0 Å². The number of hydrogen-bond acceptors (Lipinski definition) is 6. The smallest absolute Gasteiger partial charge is 0.0770 e. The van der Waals surface area contributed by atoms with Gasteiger partial charge in [-0.25, -0.2) is 13.6 Å². The predicted octanol–water partition coefficient (Wildman–Crippen LogP) is 1.55. The molecule has 6 heteroatoms. The van der Waals surface area contributed by atoms with Gasteiger partial charge < -0.3 is 0 Å². The maximum atomic E-state index is 4.32. The third-order valence-corrected chi connectivity index (χ3v) is 2.87. The molecule has 0 atom stereocenters. The van der Waals surface area contributed by atoms with Gasteiger partial charge in [0.15, 0.2) is 0 Å². The molecule has 0 bridgehead atoms. The van der Waals surface area contributed by atoms with E-state index in [9.17, 15) is 0 Å². The zero-order valence-corrected chi connectivity index (χ0v) is 11.2. The number of nitrogens with one attached hydrogen (secondary N) is 1. The van der Waals surface area contributed by atoms with Crippen LogP contribution < -0.4 is 5.43 Å². The Balaban J connectivity index is 2.04. The fourth-order valence-electron chi connectivity index (χ4n) is 1.61. The molecule has 0 spiro atoms. The van der Waals surface area contributed by atoms with E-state index in [4.69, 9.17) is 0 Å². The van der Waals surface area contributed by atoms with Crippen molar-refractivity contribution in [1.29, 1.82) is 0 Å².